The molecular weight excluding hydrogens is 468 g/mol. The first-order chi connectivity index (χ1) is 17.2. The molecule has 1 spiro atoms. The van der Waals surface area contributed by atoms with E-state index in [4.69, 9.17) is 28.7 Å². The molecule has 5 aliphatic rings. The molecule has 36 heavy (non-hydrogen) atoms. The van der Waals surface area contributed by atoms with Gasteiger partial charge in [-0.1, -0.05) is 26.0 Å². The Hall–Kier alpha value is -2.20. The van der Waals surface area contributed by atoms with E-state index in [1.807, 2.05) is 19.9 Å². The molecule has 6 rings (SSSR count). The van der Waals surface area contributed by atoms with Gasteiger partial charge in [-0.2, -0.15) is 0 Å². The molecule has 9 heteroatoms. The highest BCUT2D eigenvalue weighted by Gasteiger charge is 2.69. The fourth-order valence-corrected chi connectivity index (χ4v) is 6.47. The highest BCUT2D eigenvalue weighted by Crippen LogP contribution is 2.60. The second-order valence-electron chi connectivity index (χ2n) is 10.9. The molecule has 8 atom stereocenters. The third-order valence-electron chi connectivity index (χ3n) is 8.44. The van der Waals surface area contributed by atoms with Crippen molar-refractivity contribution in [3.05, 3.63) is 29.8 Å². The SMILES string of the molecule is C[C@H]1[C@@H](OC(=O)CCC(=O)OCCc2cccc(O)c2)O[C@@H]2O[C@]3(C)CC[C@H]4[C@H](C)CC[C@@H]1[C@@]24OO3. The Labute approximate surface area is 211 Å². The van der Waals surface area contributed by atoms with E-state index in [1.54, 1.807) is 18.2 Å². The van der Waals surface area contributed by atoms with Crippen molar-refractivity contribution in [2.45, 2.75) is 89.7 Å². The van der Waals surface area contributed by atoms with E-state index in [9.17, 15) is 14.7 Å². The van der Waals surface area contributed by atoms with Crippen LogP contribution in [-0.4, -0.2) is 47.6 Å². The van der Waals surface area contributed by atoms with Crippen LogP contribution in [0.3, 0.4) is 0 Å². The number of hydrogen-bond acceptors (Lipinski definition) is 9. The minimum atomic E-state index is -0.894. The summed E-state index contributed by atoms with van der Waals surface area (Å²) >= 11 is 0. The first kappa shape index (κ1) is 25.4. The zero-order valence-corrected chi connectivity index (χ0v) is 21.1. The van der Waals surface area contributed by atoms with Crippen molar-refractivity contribution in [3.8, 4) is 5.75 Å². The average Bonchev–Trinajstić information content (AvgIpc) is 3.07. The molecule has 4 heterocycles. The van der Waals surface area contributed by atoms with Crippen LogP contribution in [0.25, 0.3) is 0 Å². The number of ether oxygens (including phenoxy) is 4. The third-order valence-corrected chi connectivity index (χ3v) is 8.44. The van der Waals surface area contributed by atoms with Gasteiger partial charge >= 0.3 is 11.9 Å². The van der Waals surface area contributed by atoms with Crippen LogP contribution in [0.2, 0.25) is 0 Å². The highest BCUT2D eigenvalue weighted by molar-refractivity contribution is 5.77. The molecule has 0 unspecified atom stereocenters. The Morgan fingerprint density at radius 2 is 1.89 bits per heavy atom. The number of benzene rings is 1. The Bertz CT molecular complexity index is 982. The van der Waals surface area contributed by atoms with E-state index in [1.165, 1.54) is 0 Å². The number of rotatable bonds is 7. The normalized spacial score (nSPS) is 39.1. The predicted octanol–water partition coefficient (Wildman–Crippen LogP) is 4.01. The number of hydrogen-bond donors (Lipinski definition) is 1. The van der Waals surface area contributed by atoms with Crippen LogP contribution in [0.4, 0.5) is 0 Å². The largest absolute Gasteiger partial charge is 0.508 e. The van der Waals surface area contributed by atoms with E-state index in [2.05, 4.69) is 6.92 Å². The second-order valence-corrected chi connectivity index (χ2v) is 10.9. The average molecular weight is 505 g/mol. The molecule has 1 aromatic rings. The van der Waals surface area contributed by atoms with Gasteiger partial charge in [0.25, 0.3) is 0 Å². The lowest BCUT2D eigenvalue weighted by Crippen LogP contribution is -2.70. The zero-order valence-electron chi connectivity index (χ0n) is 21.1. The quantitative estimate of drug-likeness (QED) is 0.435. The summed E-state index contributed by atoms with van der Waals surface area (Å²) in [5.41, 5.74) is 0.149. The lowest BCUT2D eigenvalue weighted by molar-refractivity contribution is -0.576. The van der Waals surface area contributed by atoms with Crippen LogP contribution < -0.4 is 0 Å². The number of esters is 2. The number of phenolic OH excluding ortho intramolecular Hbond substituents is 1. The van der Waals surface area contributed by atoms with Crippen molar-refractivity contribution in [1.82, 2.24) is 0 Å². The molecule has 9 nitrogen and oxygen atoms in total. The van der Waals surface area contributed by atoms with Gasteiger partial charge in [0.2, 0.25) is 12.1 Å². The van der Waals surface area contributed by atoms with Crippen LogP contribution in [-0.2, 0) is 44.7 Å². The van der Waals surface area contributed by atoms with Crippen molar-refractivity contribution < 1.29 is 43.4 Å². The van der Waals surface area contributed by atoms with Gasteiger partial charge in [-0.3, -0.25) is 9.59 Å². The molecule has 1 N–H and O–H groups in total. The molecule has 0 radical (unpaired) electrons. The van der Waals surface area contributed by atoms with E-state index < -0.39 is 35.9 Å². The smallest absolute Gasteiger partial charge is 0.308 e. The van der Waals surface area contributed by atoms with E-state index >= 15 is 0 Å². The van der Waals surface area contributed by atoms with Gasteiger partial charge in [0.1, 0.15) is 5.75 Å². The van der Waals surface area contributed by atoms with Crippen molar-refractivity contribution in [2.24, 2.45) is 23.7 Å². The number of aromatic hydroxyl groups is 1. The molecule has 1 aromatic carbocycles. The summed E-state index contributed by atoms with van der Waals surface area (Å²) in [6.07, 6.45) is 2.42. The van der Waals surface area contributed by atoms with Crippen LogP contribution in [0.15, 0.2) is 24.3 Å². The van der Waals surface area contributed by atoms with Crippen molar-refractivity contribution >= 4 is 11.9 Å². The van der Waals surface area contributed by atoms with E-state index in [-0.39, 0.29) is 43.0 Å². The van der Waals surface area contributed by atoms with E-state index in [0.29, 0.717) is 18.8 Å². The molecule has 0 aromatic heterocycles. The number of fused-ring (bicyclic) bond motifs is 2. The Kier molecular flexibility index (Phi) is 7.02. The fourth-order valence-electron chi connectivity index (χ4n) is 6.47. The highest BCUT2D eigenvalue weighted by atomic mass is 17.3. The predicted molar refractivity (Wildman–Crippen MR) is 125 cm³/mol. The molecule has 1 aliphatic carbocycles. The summed E-state index contributed by atoms with van der Waals surface area (Å²) < 4.78 is 23.5. The molecule has 1 saturated carbocycles. The first-order valence-electron chi connectivity index (χ1n) is 13.0. The van der Waals surface area contributed by atoms with Crippen LogP contribution in [0.1, 0.15) is 64.9 Å². The van der Waals surface area contributed by atoms with Gasteiger partial charge in [0, 0.05) is 24.7 Å². The minimum Gasteiger partial charge on any atom is -0.508 e. The van der Waals surface area contributed by atoms with Crippen molar-refractivity contribution in [2.75, 3.05) is 6.61 Å². The lowest BCUT2D eigenvalue weighted by Gasteiger charge is -2.59. The summed E-state index contributed by atoms with van der Waals surface area (Å²) in [5.74, 6) is -1.10. The number of carbonyl (C=O) groups excluding carboxylic acids is 2. The molecular formula is C27H36O9. The van der Waals surface area contributed by atoms with Gasteiger partial charge in [-0.15, -0.1) is 0 Å². The van der Waals surface area contributed by atoms with Gasteiger partial charge in [0.15, 0.2) is 11.9 Å². The molecule has 5 fully saturated rings. The van der Waals surface area contributed by atoms with E-state index in [0.717, 1.165) is 24.8 Å². The Balaban J connectivity index is 1.15. The molecule has 4 aliphatic heterocycles. The molecule has 4 saturated heterocycles. The molecule has 2 bridgehead atoms. The number of carbonyl (C=O) groups is 2. The summed E-state index contributed by atoms with van der Waals surface area (Å²) in [7, 11) is 0. The molecule has 0 amide bonds. The third kappa shape index (κ3) is 4.74. The first-order valence-corrected chi connectivity index (χ1v) is 13.0. The second kappa shape index (κ2) is 9.93. The van der Waals surface area contributed by atoms with Gasteiger partial charge in [0.05, 0.1) is 19.4 Å². The zero-order chi connectivity index (χ0) is 25.5. The van der Waals surface area contributed by atoms with Gasteiger partial charge in [-0.25, -0.2) is 9.78 Å². The maximum absolute atomic E-state index is 12.6. The maximum Gasteiger partial charge on any atom is 0.308 e. The Morgan fingerprint density at radius 1 is 1.08 bits per heavy atom. The standard InChI is InChI=1S/C27H36O9/c1-16-7-8-21-17(2)24(33-25-27(21)20(16)11-13-26(3,34-25)35-36-27)32-23(30)10-9-22(29)31-14-12-18-5-4-6-19(28)15-18/h4-6,15-17,20-21,24-25,28H,7-14H2,1-3H3/t16-,17-,20+,21+,24+,25-,26+,27-/m1/s1. The van der Waals surface area contributed by atoms with Crippen LogP contribution in [0, 0.1) is 23.7 Å². The van der Waals surface area contributed by atoms with Crippen molar-refractivity contribution in [1.29, 1.82) is 0 Å². The minimum absolute atomic E-state index is 0.0558. The van der Waals surface area contributed by atoms with Crippen molar-refractivity contribution in [3.63, 3.8) is 0 Å². The maximum atomic E-state index is 12.6. The summed E-state index contributed by atoms with van der Waals surface area (Å²) in [6, 6.07) is 6.78. The Morgan fingerprint density at radius 3 is 2.69 bits per heavy atom. The number of phenols is 1. The van der Waals surface area contributed by atoms with Crippen LogP contribution >= 0.6 is 0 Å². The fraction of sp³-hybridized carbons (Fsp3) is 0.704. The van der Waals surface area contributed by atoms with Gasteiger partial charge in [-0.05, 0) is 55.7 Å². The summed E-state index contributed by atoms with van der Waals surface area (Å²) in [4.78, 5) is 36.7. The topological polar surface area (TPSA) is 110 Å². The summed E-state index contributed by atoms with van der Waals surface area (Å²) in [5, 5.41) is 9.51. The lowest BCUT2D eigenvalue weighted by atomic mass is 9.58. The monoisotopic (exact) mass is 504 g/mol. The van der Waals surface area contributed by atoms with Gasteiger partial charge < -0.3 is 24.1 Å². The summed E-state index contributed by atoms with van der Waals surface area (Å²) in [6.45, 7) is 6.28. The molecule has 198 valence electrons. The van der Waals surface area contributed by atoms with Crippen LogP contribution in [0.5, 0.6) is 5.75 Å².